The summed E-state index contributed by atoms with van der Waals surface area (Å²) in [4.78, 5) is 28.5. The Hall–Kier alpha value is -2.52. The molecule has 9 heteroatoms. The molecule has 0 N–H and O–H groups in total. The fourth-order valence-electron chi connectivity index (χ4n) is 3.61. The molecular weight excluding hydrogens is 435 g/mol. The van der Waals surface area contributed by atoms with E-state index in [2.05, 4.69) is 9.97 Å². The molecule has 0 aliphatic carbocycles. The molecule has 0 saturated carbocycles. The van der Waals surface area contributed by atoms with E-state index in [9.17, 15) is 9.18 Å². The second kappa shape index (κ2) is 9.74. The van der Waals surface area contributed by atoms with Crippen LogP contribution in [0.15, 0.2) is 41.7 Å². The molecule has 0 spiro atoms. The number of nitrogens with zero attached hydrogens (tertiary/aromatic N) is 4. The van der Waals surface area contributed by atoms with Crippen molar-refractivity contribution in [3.63, 3.8) is 0 Å². The van der Waals surface area contributed by atoms with Crippen LogP contribution in [0.25, 0.3) is 21.8 Å². The summed E-state index contributed by atoms with van der Waals surface area (Å²) in [6, 6.07) is 8.35. The summed E-state index contributed by atoms with van der Waals surface area (Å²) in [6.07, 6.45) is 5.04. The van der Waals surface area contributed by atoms with Crippen LogP contribution in [0, 0.1) is 5.82 Å². The highest BCUT2D eigenvalue weighted by atomic mass is 32.2. The number of carbonyl (C=O) groups is 1. The Morgan fingerprint density at radius 1 is 1.29 bits per heavy atom. The summed E-state index contributed by atoms with van der Waals surface area (Å²) < 4.78 is 19.1. The third-order valence-corrected chi connectivity index (χ3v) is 6.96. The van der Waals surface area contributed by atoms with Crippen LogP contribution in [0.1, 0.15) is 30.7 Å². The van der Waals surface area contributed by atoms with Gasteiger partial charge in [-0.25, -0.2) is 24.1 Å². The van der Waals surface area contributed by atoms with Crippen LogP contribution in [0.2, 0.25) is 0 Å². The van der Waals surface area contributed by atoms with Crippen LogP contribution in [0.4, 0.5) is 9.18 Å². The van der Waals surface area contributed by atoms with Gasteiger partial charge in [0.2, 0.25) is 0 Å². The first-order chi connectivity index (χ1) is 15.1. The fourth-order valence-corrected chi connectivity index (χ4v) is 5.19. The number of thioether (sulfide) groups is 1. The van der Waals surface area contributed by atoms with Crippen molar-refractivity contribution in [2.45, 2.75) is 30.8 Å². The van der Waals surface area contributed by atoms with Crippen molar-refractivity contribution >= 4 is 29.2 Å². The van der Waals surface area contributed by atoms with E-state index in [1.807, 2.05) is 25.3 Å². The predicted octanol–water partition coefficient (Wildman–Crippen LogP) is 5.46. The topological polar surface area (TPSA) is 68.2 Å². The van der Waals surface area contributed by atoms with E-state index in [-0.39, 0.29) is 17.8 Å². The van der Waals surface area contributed by atoms with Gasteiger partial charge in [-0.05, 0) is 44.2 Å². The van der Waals surface area contributed by atoms with Crippen molar-refractivity contribution in [3.05, 3.63) is 47.4 Å². The Morgan fingerprint density at radius 2 is 2.10 bits per heavy atom. The molecule has 2 aromatic heterocycles. The zero-order chi connectivity index (χ0) is 21.8. The molecule has 1 aromatic carbocycles. The minimum Gasteiger partial charge on any atom is -0.450 e. The van der Waals surface area contributed by atoms with E-state index in [1.165, 1.54) is 23.9 Å². The smallest absolute Gasteiger partial charge is 0.409 e. The van der Waals surface area contributed by atoms with Gasteiger partial charge in [-0.15, -0.1) is 11.3 Å². The van der Waals surface area contributed by atoms with Gasteiger partial charge in [0.15, 0.2) is 5.16 Å². The van der Waals surface area contributed by atoms with Gasteiger partial charge in [0.25, 0.3) is 0 Å². The lowest BCUT2D eigenvalue weighted by Crippen LogP contribution is -2.38. The van der Waals surface area contributed by atoms with Gasteiger partial charge in [0, 0.05) is 30.8 Å². The van der Waals surface area contributed by atoms with Crippen molar-refractivity contribution in [2.75, 3.05) is 26.0 Å². The molecule has 0 unspecified atom stereocenters. The summed E-state index contributed by atoms with van der Waals surface area (Å²) in [6.45, 7) is 3.46. The van der Waals surface area contributed by atoms with E-state index in [0.29, 0.717) is 24.9 Å². The number of amides is 1. The van der Waals surface area contributed by atoms with Crippen molar-refractivity contribution in [2.24, 2.45) is 0 Å². The molecule has 3 heterocycles. The van der Waals surface area contributed by atoms with E-state index in [0.717, 1.165) is 39.7 Å². The van der Waals surface area contributed by atoms with Crippen LogP contribution in [0.3, 0.4) is 0 Å². The summed E-state index contributed by atoms with van der Waals surface area (Å²) >= 11 is 3.07. The van der Waals surface area contributed by atoms with Gasteiger partial charge in [-0.3, -0.25) is 0 Å². The predicted molar refractivity (Wildman–Crippen MR) is 121 cm³/mol. The molecule has 1 fully saturated rings. The summed E-state index contributed by atoms with van der Waals surface area (Å²) in [7, 11) is 0. The average molecular weight is 459 g/mol. The van der Waals surface area contributed by atoms with E-state index >= 15 is 0 Å². The molecule has 1 saturated heterocycles. The number of piperidine rings is 1. The van der Waals surface area contributed by atoms with E-state index in [1.54, 1.807) is 28.5 Å². The third-order valence-electron chi connectivity index (χ3n) is 5.16. The van der Waals surface area contributed by atoms with Crippen molar-refractivity contribution < 1.29 is 13.9 Å². The van der Waals surface area contributed by atoms with E-state index in [4.69, 9.17) is 9.72 Å². The average Bonchev–Trinajstić information content (AvgIpc) is 3.25. The lowest BCUT2D eigenvalue weighted by molar-refractivity contribution is 0.0970. The van der Waals surface area contributed by atoms with Crippen molar-refractivity contribution in [1.29, 1.82) is 0 Å². The van der Waals surface area contributed by atoms with Crippen molar-refractivity contribution in [1.82, 2.24) is 19.9 Å². The first-order valence-electron chi connectivity index (χ1n) is 10.1. The van der Waals surface area contributed by atoms with Crippen LogP contribution in [-0.4, -0.2) is 51.9 Å². The largest absolute Gasteiger partial charge is 0.450 e. The zero-order valence-corrected chi connectivity index (χ0v) is 19.0. The molecule has 1 amide bonds. The Bertz CT molecular complexity index is 1070. The number of aromatic nitrogens is 3. The van der Waals surface area contributed by atoms with E-state index < -0.39 is 0 Å². The maximum Gasteiger partial charge on any atom is 0.409 e. The third kappa shape index (κ3) is 4.88. The van der Waals surface area contributed by atoms with Crippen LogP contribution in [0.5, 0.6) is 0 Å². The summed E-state index contributed by atoms with van der Waals surface area (Å²) in [5, 5.41) is 1.67. The molecular formula is C22H23FN4O2S2. The molecule has 3 aromatic rings. The van der Waals surface area contributed by atoms with Crippen LogP contribution >= 0.6 is 23.1 Å². The second-order valence-electron chi connectivity index (χ2n) is 7.13. The molecule has 31 heavy (non-hydrogen) atoms. The molecule has 0 radical (unpaired) electrons. The number of halogens is 1. The normalized spacial score (nSPS) is 14.6. The minimum absolute atomic E-state index is 0.235. The van der Waals surface area contributed by atoms with Gasteiger partial charge < -0.3 is 9.64 Å². The Morgan fingerprint density at radius 3 is 2.81 bits per heavy atom. The highest BCUT2D eigenvalue weighted by Gasteiger charge is 2.28. The lowest BCUT2D eigenvalue weighted by Gasteiger charge is -2.30. The molecule has 162 valence electrons. The fraction of sp³-hybridized carbons (Fsp3) is 0.364. The number of hydrogen-bond donors (Lipinski definition) is 0. The first kappa shape index (κ1) is 21.7. The molecule has 1 aliphatic heterocycles. The van der Waals surface area contributed by atoms with Crippen LogP contribution in [-0.2, 0) is 4.74 Å². The van der Waals surface area contributed by atoms with Gasteiger partial charge in [0.1, 0.15) is 5.82 Å². The Labute approximate surface area is 188 Å². The van der Waals surface area contributed by atoms with Crippen molar-refractivity contribution in [3.8, 4) is 21.8 Å². The monoisotopic (exact) mass is 458 g/mol. The molecule has 6 nitrogen and oxygen atoms in total. The number of hydrogen-bond acceptors (Lipinski definition) is 7. The molecule has 1 aliphatic rings. The number of rotatable bonds is 5. The maximum absolute atomic E-state index is 13.9. The van der Waals surface area contributed by atoms with Gasteiger partial charge in [-0.2, -0.15) is 0 Å². The Kier molecular flexibility index (Phi) is 6.82. The summed E-state index contributed by atoms with van der Waals surface area (Å²) in [5.41, 5.74) is 2.25. The Balaban J connectivity index is 1.66. The maximum atomic E-state index is 13.9. The molecule has 0 bridgehead atoms. The highest BCUT2D eigenvalue weighted by molar-refractivity contribution is 7.98. The number of benzene rings is 1. The van der Waals surface area contributed by atoms with Gasteiger partial charge >= 0.3 is 6.09 Å². The van der Waals surface area contributed by atoms with Gasteiger partial charge in [-0.1, -0.05) is 23.9 Å². The summed E-state index contributed by atoms with van der Waals surface area (Å²) in [5.74, 6) is -0.0631. The van der Waals surface area contributed by atoms with Gasteiger partial charge in [0.05, 0.1) is 27.9 Å². The molecule has 0 atom stereocenters. The first-order valence-corrected chi connectivity index (χ1v) is 12.2. The second-order valence-corrected chi connectivity index (χ2v) is 8.93. The standard InChI is InChI=1S/C22H23FN4O2S2/c1-3-29-22(28)27-11-8-14(9-12-27)20-26-18(15-5-4-6-16(23)13-15)19(31-20)17-7-10-24-21(25-17)30-2/h4-7,10,13-14H,3,8-9,11-12H2,1-2H3. The highest BCUT2D eigenvalue weighted by Crippen LogP contribution is 2.41. The number of thiazole rings is 1. The lowest BCUT2D eigenvalue weighted by atomic mass is 9.98. The number of carbonyl (C=O) groups excluding carboxylic acids is 1. The minimum atomic E-state index is -0.298. The van der Waals surface area contributed by atoms with Crippen LogP contribution < -0.4 is 0 Å². The zero-order valence-electron chi connectivity index (χ0n) is 17.4. The molecule has 4 rings (SSSR count). The quantitative estimate of drug-likeness (QED) is 0.373. The SMILES string of the molecule is CCOC(=O)N1CCC(c2nc(-c3cccc(F)c3)c(-c3ccnc(SC)n3)s2)CC1. The number of likely N-dealkylation sites (tertiary alicyclic amines) is 1. The number of ether oxygens (including phenoxy) is 1.